The van der Waals surface area contributed by atoms with Gasteiger partial charge in [0.1, 0.15) is 0 Å². The standard InChI is InChI=1S/C17H20ClN3/c1-11-5-6-13-14-7-9-20-12(2)16(14)21(10-4-3-8-19)17(13)15(11)18/h5-7,9H,3-4,8,10,19H2,1-2H3. The molecule has 3 rings (SSSR count). The third-order valence-corrected chi connectivity index (χ3v) is 4.56. The minimum atomic E-state index is 0.723. The summed E-state index contributed by atoms with van der Waals surface area (Å²) in [5, 5.41) is 3.28. The Morgan fingerprint density at radius 3 is 2.62 bits per heavy atom. The molecule has 0 aliphatic heterocycles. The Morgan fingerprint density at radius 1 is 1.10 bits per heavy atom. The Kier molecular flexibility index (Phi) is 3.87. The summed E-state index contributed by atoms with van der Waals surface area (Å²) >= 11 is 6.60. The summed E-state index contributed by atoms with van der Waals surface area (Å²) in [5.41, 5.74) is 10.1. The summed E-state index contributed by atoms with van der Waals surface area (Å²) in [7, 11) is 0. The van der Waals surface area contributed by atoms with E-state index < -0.39 is 0 Å². The molecule has 2 heterocycles. The van der Waals surface area contributed by atoms with E-state index in [2.05, 4.69) is 41.6 Å². The molecule has 110 valence electrons. The highest BCUT2D eigenvalue weighted by atomic mass is 35.5. The van der Waals surface area contributed by atoms with Gasteiger partial charge in [-0.15, -0.1) is 0 Å². The molecule has 0 saturated heterocycles. The molecule has 3 aromatic rings. The second-order valence-corrected chi connectivity index (χ2v) is 5.91. The number of nitrogens with two attached hydrogens (primary N) is 1. The number of benzene rings is 1. The second kappa shape index (κ2) is 5.66. The maximum atomic E-state index is 6.60. The van der Waals surface area contributed by atoms with Crippen molar-refractivity contribution in [3.05, 3.63) is 40.7 Å². The minimum Gasteiger partial charge on any atom is -0.338 e. The maximum absolute atomic E-state index is 6.60. The zero-order valence-electron chi connectivity index (χ0n) is 12.5. The van der Waals surface area contributed by atoms with Crippen LogP contribution in [0.1, 0.15) is 24.1 Å². The number of aryl methyl sites for hydroxylation is 3. The third kappa shape index (κ3) is 2.30. The van der Waals surface area contributed by atoms with Crippen LogP contribution in [0, 0.1) is 13.8 Å². The number of pyridine rings is 1. The summed E-state index contributed by atoms with van der Waals surface area (Å²) in [6.45, 7) is 5.75. The number of unbranched alkanes of at least 4 members (excludes halogenated alkanes) is 1. The summed E-state index contributed by atoms with van der Waals surface area (Å²) in [4.78, 5) is 4.45. The first-order chi connectivity index (χ1) is 10.1. The number of halogens is 1. The zero-order valence-corrected chi connectivity index (χ0v) is 13.2. The van der Waals surface area contributed by atoms with Crippen LogP contribution in [-0.2, 0) is 6.54 Å². The SMILES string of the molecule is Cc1ccc2c3ccnc(C)c3n(CCCCN)c2c1Cl. The lowest BCUT2D eigenvalue weighted by molar-refractivity contribution is 0.641. The summed E-state index contributed by atoms with van der Waals surface area (Å²) in [6, 6.07) is 6.33. The topological polar surface area (TPSA) is 43.8 Å². The Labute approximate surface area is 129 Å². The van der Waals surface area contributed by atoms with Gasteiger partial charge in [0.2, 0.25) is 0 Å². The Hall–Kier alpha value is -1.58. The van der Waals surface area contributed by atoms with Gasteiger partial charge in [-0.25, -0.2) is 0 Å². The molecule has 0 amide bonds. The van der Waals surface area contributed by atoms with E-state index in [-0.39, 0.29) is 0 Å². The van der Waals surface area contributed by atoms with Gasteiger partial charge in [-0.2, -0.15) is 0 Å². The fraction of sp³-hybridized carbons (Fsp3) is 0.353. The monoisotopic (exact) mass is 301 g/mol. The van der Waals surface area contributed by atoms with Gasteiger partial charge in [-0.3, -0.25) is 4.98 Å². The average Bonchev–Trinajstić information content (AvgIpc) is 2.79. The number of aromatic nitrogens is 2. The molecule has 0 spiro atoms. The minimum absolute atomic E-state index is 0.723. The molecule has 0 radical (unpaired) electrons. The van der Waals surface area contributed by atoms with E-state index in [1.54, 1.807) is 0 Å². The fourth-order valence-electron chi connectivity index (χ4n) is 3.01. The van der Waals surface area contributed by atoms with Crippen molar-refractivity contribution >= 4 is 33.4 Å². The smallest absolute Gasteiger partial charge is 0.0707 e. The number of nitrogens with zero attached hydrogens (tertiary/aromatic N) is 2. The molecule has 0 aliphatic carbocycles. The molecule has 0 atom stereocenters. The van der Waals surface area contributed by atoms with Crippen LogP contribution in [0.2, 0.25) is 5.02 Å². The van der Waals surface area contributed by atoms with Crippen LogP contribution < -0.4 is 5.73 Å². The van der Waals surface area contributed by atoms with E-state index >= 15 is 0 Å². The number of hydrogen-bond donors (Lipinski definition) is 1. The van der Waals surface area contributed by atoms with Gasteiger partial charge in [0.05, 0.1) is 21.7 Å². The Balaban J connectivity index is 2.35. The van der Waals surface area contributed by atoms with Crippen LogP contribution in [0.3, 0.4) is 0 Å². The van der Waals surface area contributed by atoms with E-state index in [9.17, 15) is 0 Å². The molecular weight excluding hydrogens is 282 g/mol. The van der Waals surface area contributed by atoms with Crippen molar-refractivity contribution in [1.29, 1.82) is 0 Å². The fourth-order valence-corrected chi connectivity index (χ4v) is 3.28. The third-order valence-electron chi connectivity index (χ3n) is 4.08. The van der Waals surface area contributed by atoms with Crippen LogP contribution in [0.4, 0.5) is 0 Å². The normalized spacial score (nSPS) is 11.6. The first kappa shape index (κ1) is 14.4. The molecule has 1 aromatic carbocycles. The zero-order chi connectivity index (χ0) is 15.0. The molecule has 2 aromatic heterocycles. The van der Waals surface area contributed by atoms with Gasteiger partial charge < -0.3 is 10.3 Å². The predicted molar refractivity (Wildman–Crippen MR) is 90.0 cm³/mol. The Bertz CT molecular complexity index is 805. The molecule has 0 bridgehead atoms. The number of fused-ring (bicyclic) bond motifs is 3. The van der Waals surface area contributed by atoms with Gasteiger partial charge in [-0.05, 0) is 44.9 Å². The highest BCUT2D eigenvalue weighted by Gasteiger charge is 2.16. The van der Waals surface area contributed by atoms with Crippen LogP contribution in [-0.4, -0.2) is 16.1 Å². The molecule has 4 heteroatoms. The molecule has 3 nitrogen and oxygen atoms in total. The van der Waals surface area contributed by atoms with Crippen LogP contribution in [0.25, 0.3) is 21.8 Å². The Morgan fingerprint density at radius 2 is 1.86 bits per heavy atom. The molecule has 2 N–H and O–H groups in total. The highest BCUT2D eigenvalue weighted by Crippen LogP contribution is 2.36. The van der Waals surface area contributed by atoms with Crippen molar-refractivity contribution < 1.29 is 0 Å². The lowest BCUT2D eigenvalue weighted by Gasteiger charge is -2.10. The van der Waals surface area contributed by atoms with Gasteiger partial charge in [-0.1, -0.05) is 23.7 Å². The first-order valence-electron chi connectivity index (χ1n) is 7.38. The van der Waals surface area contributed by atoms with E-state index in [4.69, 9.17) is 17.3 Å². The van der Waals surface area contributed by atoms with E-state index in [0.717, 1.165) is 47.7 Å². The molecular formula is C17H20ClN3. The average molecular weight is 302 g/mol. The van der Waals surface area contributed by atoms with Crippen molar-refractivity contribution in [3.63, 3.8) is 0 Å². The van der Waals surface area contributed by atoms with Gasteiger partial charge in [0.25, 0.3) is 0 Å². The predicted octanol–water partition coefficient (Wildman–Crippen LogP) is 4.20. The van der Waals surface area contributed by atoms with Crippen molar-refractivity contribution in [2.75, 3.05) is 6.54 Å². The quantitative estimate of drug-likeness (QED) is 0.734. The van der Waals surface area contributed by atoms with E-state index in [1.165, 1.54) is 16.3 Å². The molecule has 0 unspecified atom stereocenters. The van der Waals surface area contributed by atoms with Crippen molar-refractivity contribution in [2.45, 2.75) is 33.2 Å². The van der Waals surface area contributed by atoms with Crippen molar-refractivity contribution in [2.24, 2.45) is 5.73 Å². The first-order valence-corrected chi connectivity index (χ1v) is 7.75. The largest absolute Gasteiger partial charge is 0.338 e. The molecule has 0 aliphatic rings. The maximum Gasteiger partial charge on any atom is 0.0707 e. The number of hydrogen-bond acceptors (Lipinski definition) is 2. The van der Waals surface area contributed by atoms with Gasteiger partial charge in [0.15, 0.2) is 0 Å². The summed E-state index contributed by atoms with van der Waals surface area (Å²) in [6.07, 6.45) is 3.94. The summed E-state index contributed by atoms with van der Waals surface area (Å²) in [5.74, 6) is 0. The van der Waals surface area contributed by atoms with Crippen molar-refractivity contribution in [3.8, 4) is 0 Å². The molecule has 21 heavy (non-hydrogen) atoms. The van der Waals surface area contributed by atoms with E-state index in [1.807, 2.05) is 6.20 Å². The van der Waals surface area contributed by atoms with E-state index in [0.29, 0.717) is 0 Å². The van der Waals surface area contributed by atoms with Gasteiger partial charge in [0, 0.05) is 23.5 Å². The molecule has 0 fully saturated rings. The lowest BCUT2D eigenvalue weighted by Crippen LogP contribution is -2.04. The van der Waals surface area contributed by atoms with Crippen LogP contribution in [0.5, 0.6) is 0 Å². The van der Waals surface area contributed by atoms with Crippen LogP contribution in [0.15, 0.2) is 24.4 Å². The summed E-state index contributed by atoms with van der Waals surface area (Å²) < 4.78 is 2.32. The number of rotatable bonds is 4. The highest BCUT2D eigenvalue weighted by molar-refractivity contribution is 6.37. The van der Waals surface area contributed by atoms with Crippen LogP contribution >= 0.6 is 11.6 Å². The lowest BCUT2D eigenvalue weighted by atomic mass is 10.1. The van der Waals surface area contributed by atoms with Crippen molar-refractivity contribution in [1.82, 2.24) is 9.55 Å². The van der Waals surface area contributed by atoms with Gasteiger partial charge >= 0.3 is 0 Å². The molecule has 0 saturated carbocycles. The second-order valence-electron chi connectivity index (χ2n) is 5.53.